The number of hydrogen-bond acceptors (Lipinski definition) is 1. The third-order valence-electron chi connectivity index (χ3n) is 4.03. The van der Waals surface area contributed by atoms with Crippen LogP contribution in [0.2, 0.25) is 0 Å². The van der Waals surface area contributed by atoms with Crippen molar-refractivity contribution < 1.29 is 0 Å². The highest BCUT2D eigenvalue weighted by Crippen LogP contribution is 2.41. The van der Waals surface area contributed by atoms with Gasteiger partial charge < -0.3 is 5.73 Å². The van der Waals surface area contributed by atoms with Crippen molar-refractivity contribution in [1.29, 1.82) is 0 Å². The molecule has 1 aromatic carbocycles. The molecule has 3 atom stereocenters. The van der Waals surface area contributed by atoms with Crippen molar-refractivity contribution in [2.45, 2.75) is 45.1 Å². The predicted molar refractivity (Wildman–Crippen MR) is 69.3 cm³/mol. The Hall–Kier alpha value is -0.820. The van der Waals surface area contributed by atoms with E-state index in [0.717, 1.165) is 18.3 Å². The molecule has 0 heterocycles. The van der Waals surface area contributed by atoms with E-state index in [0.29, 0.717) is 12.0 Å². The molecule has 0 radical (unpaired) electrons. The fraction of sp³-hybridized carbons (Fsp3) is 0.600. The average Bonchev–Trinajstić information content (AvgIpc) is 2.29. The van der Waals surface area contributed by atoms with Crippen LogP contribution in [0.3, 0.4) is 0 Å². The molecule has 1 aliphatic rings. The van der Waals surface area contributed by atoms with Gasteiger partial charge in [0.2, 0.25) is 0 Å². The molecule has 0 saturated heterocycles. The molecule has 0 bridgehead atoms. The Labute approximate surface area is 99.0 Å². The smallest absolute Gasteiger partial charge is 0.00448 e. The van der Waals surface area contributed by atoms with Gasteiger partial charge in [-0.1, -0.05) is 44.2 Å². The highest BCUT2D eigenvalue weighted by Gasteiger charge is 2.31. The number of hydrogen-bond donors (Lipinski definition) is 1. The molecular weight excluding hydrogens is 194 g/mol. The molecular formula is C15H23N. The van der Waals surface area contributed by atoms with Gasteiger partial charge in [-0.3, -0.25) is 0 Å². The van der Waals surface area contributed by atoms with Crippen molar-refractivity contribution in [3.63, 3.8) is 0 Å². The second-order valence-corrected chi connectivity index (χ2v) is 5.50. The average molecular weight is 217 g/mol. The summed E-state index contributed by atoms with van der Waals surface area (Å²) in [5, 5.41) is 0. The summed E-state index contributed by atoms with van der Waals surface area (Å²) in [7, 11) is 0. The monoisotopic (exact) mass is 217 g/mol. The minimum atomic E-state index is 0.403. The Balaban J connectivity index is 2.21. The van der Waals surface area contributed by atoms with Crippen LogP contribution in [0.5, 0.6) is 0 Å². The second kappa shape index (κ2) is 5.01. The predicted octanol–water partition coefficient (Wildman–Crippen LogP) is 3.55. The summed E-state index contributed by atoms with van der Waals surface area (Å²) in [4.78, 5) is 0. The van der Waals surface area contributed by atoms with Crippen LogP contribution in [-0.4, -0.2) is 6.04 Å². The van der Waals surface area contributed by atoms with Gasteiger partial charge >= 0.3 is 0 Å². The normalized spacial score (nSPS) is 30.6. The van der Waals surface area contributed by atoms with Crippen LogP contribution >= 0.6 is 0 Å². The van der Waals surface area contributed by atoms with Crippen molar-refractivity contribution in [2.75, 3.05) is 0 Å². The molecule has 0 spiro atoms. The third-order valence-corrected chi connectivity index (χ3v) is 4.03. The van der Waals surface area contributed by atoms with E-state index in [9.17, 15) is 0 Å². The quantitative estimate of drug-likeness (QED) is 0.805. The van der Waals surface area contributed by atoms with Crippen molar-refractivity contribution in [2.24, 2.45) is 17.6 Å². The maximum absolute atomic E-state index is 6.12. The van der Waals surface area contributed by atoms with E-state index in [1.54, 1.807) is 0 Å². The van der Waals surface area contributed by atoms with Crippen molar-refractivity contribution >= 4 is 0 Å². The molecule has 0 aliphatic heterocycles. The SMILES string of the molecule is CC(C)C1CCC(N)CC1c1ccccc1. The van der Waals surface area contributed by atoms with Crippen LogP contribution in [0.15, 0.2) is 30.3 Å². The Bertz CT molecular complexity index is 317. The lowest BCUT2D eigenvalue weighted by molar-refractivity contribution is 0.220. The lowest BCUT2D eigenvalue weighted by Gasteiger charge is -2.37. The first-order valence-electron chi connectivity index (χ1n) is 6.49. The van der Waals surface area contributed by atoms with Crippen molar-refractivity contribution in [1.82, 2.24) is 0 Å². The van der Waals surface area contributed by atoms with E-state index in [1.165, 1.54) is 18.4 Å². The zero-order valence-electron chi connectivity index (χ0n) is 10.4. The van der Waals surface area contributed by atoms with E-state index >= 15 is 0 Å². The van der Waals surface area contributed by atoms with Crippen molar-refractivity contribution in [3.05, 3.63) is 35.9 Å². The molecule has 2 N–H and O–H groups in total. The molecule has 88 valence electrons. The maximum atomic E-state index is 6.12. The molecule has 2 rings (SSSR count). The van der Waals surface area contributed by atoms with E-state index in [2.05, 4.69) is 44.2 Å². The molecule has 0 amide bonds. The summed E-state index contributed by atoms with van der Waals surface area (Å²) in [5.41, 5.74) is 7.61. The molecule has 0 aromatic heterocycles. The van der Waals surface area contributed by atoms with Gasteiger partial charge in [0.1, 0.15) is 0 Å². The summed E-state index contributed by atoms with van der Waals surface area (Å²) in [5.74, 6) is 2.24. The Morgan fingerprint density at radius 1 is 1.12 bits per heavy atom. The topological polar surface area (TPSA) is 26.0 Å². The van der Waals surface area contributed by atoms with Crippen LogP contribution in [0.1, 0.15) is 44.6 Å². The minimum absolute atomic E-state index is 0.403. The van der Waals surface area contributed by atoms with Gasteiger partial charge in [0.05, 0.1) is 0 Å². The summed E-state index contributed by atoms with van der Waals surface area (Å²) in [6.07, 6.45) is 3.65. The van der Waals surface area contributed by atoms with Gasteiger partial charge in [-0.15, -0.1) is 0 Å². The molecule has 1 saturated carbocycles. The molecule has 1 aliphatic carbocycles. The molecule has 1 fully saturated rings. The maximum Gasteiger partial charge on any atom is 0.00448 e. The zero-order valence-corrected chi connectivity index (χ0v) is 10.4. The highest BCUT2D eigenvalue weighted by molar-refractivity contribution is 5.21. The van der Waals surface area contributed by atoms with Gasteiger partial charge in [-0.25, -0.2) is 0 Å². The van der Waals surface area contributed by atoms with E-state index in [4.69, 9.17) is 5.73 Å². The van der Waals surface area contributed by atoms with Crippen LogP contribution in [0.4, 0.5) is 0 Å². The first-order valence-corrected chi connectivity index (χ1v) is 6.49. The fourth-order valence-corrected chi connectivity index (χ4v) is 3.11. The molecule has 3 unspecified atom stereocenters. The standard InChI is InChI=1S/C15H23N/c1-11(2)14-9-8-13(16)10-15(14)12-6-4-3-5-7-12/h3-7,11,13-15H,8-10,16H2,1-2H3. The molecule has 1 heteroatoms. The summed E-state index contributed by atoms with van der Waals surface area (Å²) in [6, 6.07) is 11.3. The van der Waals surface area contributed by atoms with Gasteiger partial charge in [0.25, 0.3) is 0 Å². The van der Waals surface area contributed by atoms with E-state index < -0.39 is 0 Å². The van der Waals surface area contributed by atoms with Gasteiger partial charge in [0.15, 0.2) is 0 Å². The number of rotatable bonds is 2. The first kappa shape index (κ1) is 11.7. The number of benzene rings is 1. The molecule has 1 nitrogen and oxygen atoms in total. The summed E-state index contributed by atoms with van der Waals surface area (Å²) in [6.45, 7) is 4.69. The highest BCUT2D eigenvalue weighted by atomic mass is 14.6. The molecule has 1 aromatic rings. The lowest BCUT2D eigenvalue weighted by atomic mass is 9.69. The number of nitrogens with two attached hydrogens (primary N) is 1. The second-order valence-electron chi connectivity index (χ2n) is 5.50. The lowest BCUT2D eigenvalue weighted by Crippen LogP contribution is -2.34. The third kappa shape index (κ3) is 2.46. The largest absolute Gasteiger partial charge is 0.328 e. The van der Waals surface area contributed by atoms with Crippen LogP contribution in [-0.2, 0) is 0 Å². The zero-order chi connectivity index (χ0) is 11.5. The fourth-order valence-electron chi connectivity index (χ4n) is 3.11. The van der Waals surface area contributed by atoms with Crippen LogP contribution in [0, 0.1) is 11.8 Å². The van der Waals surface area contributed by atoms with E-state index in [-0.39, 0.29) is 0 Å². The Morgan fingerprint density at radius 3 is 2.44 bits per heavy atom. The molecule has 16 heavy (non-hydrogen) atoms. The Morgan fingerprint density at radius 2 is 1.81 bits per heavy atom. The van der Waals surface area contributed by atoms with Gasteiger partial charge in [-0.2, -0.15) is 0 Å². The van der Waals surface area contributed by atoms with Gasteiger partial charge in [-0.05, 0) is 42.6 Å². The minimum Gasteiger partial charge on any atom is -0.328 e. The summed E-state index contributed by atoms with van der Waals surface area (Å²) >= 11 is 0. The van der Waals surface area contributed by atoms with Gasteiger partial charge in [0, 0.05) is 6.04 Å². The first-order chi connectivity index (χ1) is 7.68. The van der Waals surface area contributed by atoms with Crippen LogP contribution < -0.4 is 5.73 Å². The summed E-state index contributed by atoms with van der Waals surface area (Å²) < 4.78 is 0. The Kier molecular flexibility index (Phi) is 3.65. The van der Waals surface area contributed by atoms with Crippen LogP contribution in [0.25, 0.3) is 0 Å². The van der Waals surface area contributed by atoms with E-state index in [1.807, 2.05) is 0 Å². The van der Waals surface area contributed by atoms with Crippen molar-refractivity contribution in [3.8, 4) is 0 Å².